The summed E-state index contributed by atoms with van der Waals surface area (Å²) >= 11 is 0. The molecule has 0 aliphatic rings. The predicted octanol–water partition coefficient (Wildman–Crippen LogP) is 25.9. The summed E-state index contributed by atoms with van der Waals surface area (Å²) in [5, 5.41) is 46.2. The average molecular weight is 2070 g/mol. The molecular formula is C114H250F8N14O6. The quantitative estimate of drug-likeness (QED) is 0.0201. The smallest absolute Gasteiger partial charge is 0.371 e. The number of alkyl halides is 8. The van der Waals surface area contributed by atoms with Crippen LogP contribution in [-0.2, 0) is 28.4 Å². The molecule has 0 aliphatic carbocycles. The van der Waals surface area contributed by atoms with Gasteiger partial charge in [0.1, 0.15) is 0 Å². The Morgan fingerprint density at radius 3 is 0.507 bits per heavy atom. The molecule has 0 atom stereocenters. The maximum atomic E-state index is 13.7. The third kappa shape index (κ3) is 149. The molecule has 0 unspecified atom stereocenters. The van der Waals surface area contributed by atoms with E-state index in [1.54, 1.807) is 41.5 Å². The number of unbranched alkanes of at least 4 members (excludes halogenated alkanes) is 6. The van der Waals surface area contributed by atoms with Gasteiger partial charge in [-0.1, -0.05) is 60.8 Å². The summed E-state index contributed by atoms with van der Waals surface area (Å²) in [6.07, 6.45) is 16.0. The number of hydrogen-bond acceptors (Lipinski definition) is 20. The van der Waals surface area contributed by atoms with Gasteiger partial charge in [0.15, 0.2) is 0 Å². The third-order valence-electron chi connectivity index (χ3n) is 19.7. The summed E-state index contributed by atoms with van der Waals surface area (Å²) in [6.45, 7) is 121. The van der Waals surface area contributed by atoms with Crippen LogP contribution in [0.4, 0.5) is 35.1 Å². The van der Waals surface area contributed by atoms with E-state index in [0.29, 0.717) is 18.6 Å². The van der Waals surface area contributed by atoms with Gasteiger partial charge in [0.25, 0.3) is 5.92 Å². The molecule has 0 radical (unpaired) electrons. The molecule has 20 nitrogen and oxygen atoms in total. The van der Waals surface area contributed by atoms with Crippen molar-refractivity contribution in [2.24, 2.45) is 10.8 Å². The van der Waals surface area contributed by atoms with E-state index >= 15 is 0 Å². The lowest BCUT2D eigenvalue weighted by atomic mass is 9.91. The SMILES string of the molecule is CC(C)(C)CCCOCCC(F)(F)CCNC(C)(C)C.CC(C)(C)CCCOCCCNC(C)(C)C.CC(C)(C)NCCC(F)(F)C(F)(F)C(F)(F)CCNC(C)(C)C.CC(C)(C)NCCCCCCCNC(C)(C)C.CC(C)(C)NCCCCOCCNC(C)(C)C.CC(C)(C)NCCCCOCCNC(C)(C)C.CC(C)(C)NCCCOCCCNC(C)(C)C.CC(C)(C)NCCOCCNC(C)(C)C. The van der Waals surface area contributed by atoms with Crippen LogP contribution in [0.1, 0.15) is 461 Å². The van der Waals surface area contributed by atoms with E-state index in [9.17, 15) is 35.1 Å². The van der Waals surface area contributed by atoms with Gasteiger partial charge in [0, 0.05) is 195 Å². The lowest BCUT2D eigenvalue weighted by Crippen LogP contribution is -2.56. The first-order chi connectivity index (χ1) is 63.6. The fraction of sp³-hybridized carbons (Fsp3) is 1.00. The van der Waals surface area contributed by atoms with Crippen molar-refractivity contribution >= 4 is 0 Å². The molecule has 0 saturated heterocycles. The number of hydrogen-bond donors (Lipinski definition) is 14. The molecule has 28 heteroatoms. The number of rotatable bonds is 62. The second-order valence-corrected chi connectivity index (χ2v) is 55.6. The highest BCUT2D eigenvalue weighted by molar-refractivity contribution is 4.98. The van der Waals surface area contributed by atoms with Crippen LogP contribution in [-0.4, -0.2) is 272 Å². The summed E-state index contributed by atoms with van der Waals surface area (Å²) in [5.41, 5.74) is 1.93. The molecule has 0 bridgehead atoms. The van der Waals surface area contributed by atoms with Crippen LogP contribution in [0.5, 0.6) is 0 Å². The zero-order valence-corrected chi connectivity index (χ0v) is 103. The first kappa shape index (κ1) is 156. The number of halogens is 8. The highest BCUT2D eigenvalue weighted by atomic mass is 19.3. The molecule has 0 heterocycles. The molecule has 14 N–H and O–H groups in total. The largest absolute Gasteiger partial charge is 0.381 e. The number of nitrogens with one attached hydrogen (secondary N) is 14. The van der Waals surface area contributed by atoms with Crippen molar-refractivity contribution in [1.82, 2.24) is 74.4 Å². The highest BCUT2D eigenvalue weighted by Gasteiger charge is 2.70. The molecule has 0 aromatic rings. The van der Waals surface area contributed by atoms with Crippen LogP contribution < -0.4 is 74.4 Å². The molecule has 0 aromatic carbocycles. The van der Waals surface area contributed by atoms with E-state index in [4.69, 9.17) is 28.4 Å². The van der Waals surface area contributed by atoms with Gasteiger partial charge >= 0.3 is 17.8 Å². The van der Waals surface area contributed by atoms with Crippen molar-refractivity contribution in [3.63, 3.8) is 0 Å². The van der Waals surface area contributed by atoms with Gasteiger partial charge in [0.05, 0.1) is 33.0 Å². The molecule has 0 spiro atoms. The minimum atomic E-state index is -5.40. The molecule has 0 rings (SSSR count). The second-order valence-electron chi connectivity index (χ2n) is 55.6. The normalized spacial score (nSPS) is 13.5. The van der Waals surface area contributed by atoms with Crippen molar-refractivity contribution in [1.29, 1.82) is 0 Å². The molecule has 142 heavy (non-hydrogen) atoms. The lowest BCUT2D eigenvalue weighted by molar-refractivity contribution is -0.311. The van der Waals surface area contributed by atoms with Gasteiger partial charge in [-0.05, 0) is 431 Å². The summed E-state index contributed by atoms with van der Waals surface area (Å²) in [6, 6.07) is 0. The fourth-order valence-electron chi connectivity index (χ4n) is 12.0. The molecule has 0 saturated carbocycles. The maximum Gasteiger partial charge on any atom is 0.371 e. The van der Waals surface area contributed by atoms with Gasteiger partial charge in [-0.15, -0.1) is 0 Å². The minimum absolute atomic E-state index is 0.112. The minimum Gasteiger partial charge on any atom is -0.381 e. The highest BCUT2D eigenvalue weighted by Crippen LogP contribution is 2.49. The van der Waals surface area contributed by atoms with Crippen LogP contribution in [0, 0.1) is 10.8 Å². The molecule has 0 amide bonds. The van der Waals surface area contributed by atoms with Gasteiger partial charge < -0.3 is 103 Å². The Bertz CT molecular complexity index is 2460. The van der Waals surface area contributed by atoms with Crippen LogP contribution in [0.3, 0.4) is 0 Å². The Morgan fingerprint density at radius 1 is 0.134 bits per heavy atom. The number of ether oxygens (including phenoxy) is 6. The van der Waals surface area contributed by atoms with Crippen molar-refractivity contribution in [3.8, 4) is 0 Å². The molecule has 0 aliphatic heterocycles. The maximum absolute atomic E-state index is 13.7. The van der Waals surface area contributed by atoms with E-state index < -0.39 is 60.7 Å². The van der Waals surface area contributed by atoms with E-state index in [2.05, 4.69) is 344 Å². The van der Waals surface area contributed by atoms with E-state index in [1.807, 2.05) is 20.8 Å². The Labute approximate surface area is 877 Å². The first-order valence-electron chi connectivity index (χ1n) is 55.0. The van der Waals surface area contributed by atoms with Gasteiger partial charge in [-0.25, -0.2) is 8.78 Å². The standard InChI is InChI=1S/C16H33F2NO.C15H28F6N2.C15H34N2.3C14H32N2O.C14H31NO.C12H28N2O/c1-14(2,3)8-7-12-20-13-10-16(17,18)9-11-19-15(4,5)6;1-11(2,3)22-9-7-13(16,17)15(20,21)14(18,19)8-10-23-12(4,5)6;1-14(2,3)16-12-10-8-7-9-11-13-17-15(4,5)6;1-13(2,3)15-9-7-11-17-12-8-10-16-14(4,5)6;2*1-13(2,3)15-9-7-8-11-17-12-10-16-14(4,5)6;1-13(2,3)9-7-11-16-12-8-10-15-14(4,5)6;1-11(2,3)13-7-9-15-10-8-14-12(4,5)6/h19H,7-13H2,1-6H3;22-23H,7-10H2,1-6H3;16-17H,7-13H2,1-6H3;3*15-16H,7-12H2,1-6H3;15H,7-12H2,1-6H3;13-14H,7-10H2,1-6H3. The van der Waals surface area contributed by atoms with Gasteiger partial charge in [-0.2, -0.15) is 26.3 Å². The monoisotopic (exact) mass is 2060 g/mol. The van der Waals surface area contributed by atoms with Crippen molar-refractivity contribution < 1.29 is 63.5 Å². The van der Waals surface area contributed by atoms with E-state index in [0.717, 1.165) is 183 Å². The zero-order valence-electron chi connectivity index (χ0n) is 103. The third-order valence-corrected chi connectivity index (χ3v) is 19.7. The zero-order chi connectivity index (χ0) is 113. The molecule has 0 aromatic heterocycles. The Kier molecular flexibility index (Phi) is 86.4. The lowest BCUT2D eigenvalue weighted by Gasteiger charge is -2.34. The van der Waals surface area contributed by atoms with Crippen molar-refractivity contribution in [2.45, 2.75) is 562 Å². The van der Waals surface area contributed by atoms with E-state index in [-0.39, 0.29) is 91.3 Å². The Hall–Kier alpha value is -1.36. The summed E-state index contributed by atoms with van der Waals surface area (Å²) in [4.78, 5) is 0. The molecule has 868 valence electrons. The average Bonchev–Trinajstić information content (AvgIpc) is 0.768. The topological polar surface area (TPSA) is 224 Å². The van der Waals surface area contributed by atoms with Gasteiger partial charge in [-0.3, -0.25) is 0 Å². The molecule has 0 fully saturated rings. The van der Waals surface area contributed by atoms with Crippen molar-refractivity contribution in [2.75, 3.05) is 171 Å². The Balaban J connectivity index is -0.000000242. The summed E-state index contributed by atoms with van der Waals surface area (Å²) in [5.74, 6) is -17.6. The second kappa shape index (κ2) is 78.7. The predicted molar refractivity (Wildman–Crippen MR) is 605 cm³/mol. The molecular weight excluding hydrogens is 1810 g/mol. The van der Waals surface area contributed by atoms with Crippen LogP contribution in [0.15, 0.2) is 0 Å². The van der Waals surface area contributed by atoms with Crippen molar-refractivity contribution in [3.05, 3.63) is 0 Å². The summed E-state index contributed by atoms with van der Waals surface area (Å²) < 4.78 is 142. The van der Waals surface area contributed by atoms with Gasteiger partial charge in [0.2, 0.25) is 0 Å². The van der Waals surface area contributed by atoms with Crippen LogP contribution in [0.2, 0.25) is 0 Å². The first-order valence-corrected chi connectivity index (χ1v) is 55.0. The Morgan fingerprint density at radius 2 is 0.289 bits per heavy atom. The van der Waals surface area contributed by atoms with Crippen LogP contribution in [0.25, 0.3) is 0 Å². The van der Waals surface area contributed by atoms with Crippen LogP contribution >= 0.6 is 0 Å². The summed E-state index contributed by atoms with van der Waals surface area (Å²) in [7, 11) is 0. The fourth-order valence-corrected chi connectivity index (χ4v) is 12.0. The van der Waals surface area contributed by atoms with E-state index in [1.165, 1.54) is 57.8 Å².